The Morgan fingerprint density at radius 2 is 0.857 bits per heavy atom. The van der Waals surface area contributed by atoms with Crippen molar-refractivity contribution in [3.63, 3.8) is 0 Å². The quantitative estimate of drug-likeness (QED) is 0.119. The van der Waals surface area contributed by atoms with Crippen LogP contribution in [0.2, 0.25) is 0 Å². The number of rotatable bonds is 12. The zero-order valence-electron chi connectivity index (χ0n) is 22.2. The molecule has 0 bridgehead atoms. The highest BCUT2D eigenvalue weighted by atomic mass is 32.1. The monoisotopic (exact) mass is 574 g/mol. The van der Waals surface area contributed by atoms with E-state index in [0.717, 1.165) is 0 Å². The van der Waals surface area contributed by atoms with Crippen LogP contribution in [0.1, 0.15) is 75.2 Å². The second-order valence-electron chi connectivity index (χ2n) is 10.0. The van der Waals surface area contributed by atoms with E-state index in [0.29, 0.717) is 26.1 Å². The first-order valence-corrected chi connectivity index (χ1v) is 12.9. The summed E-state index contributed by atoms with van der Waals surface area (Å²) in [6.07, 6.45) is 0.791. The minimum Gasteiger partial charge on any atom is -0.465 e. The van der Waals surface area contributed by atoms with E-state index in [4.69, 9.17) is 18.9 Å². The molecular formula is C23H42O8S4. The normalized spacial score (nSPS) is 13.1. The van der Waals surface area contributed by atoms with Gasteiger partial charge in [0.2, 0.25) is 0 Å². The maximum absolute atomic E-state index is 11.5. The van der Waals surface area contributed by atoms with Crippen molar-refractivity contribution >= 4 is 74.4 Å². The lowest BCUT2D eigenvalue weighted by atomic mass is 10.2. The van der Waals surface area contributed by atoms with Crippen molar-refractivity contribution in [3.05, 3.63) is 0 Å². The summed E-state index contributed by atoms with van der Waals surface area (Å²) in [4.78, 5) is 45.5. The third kappa shape index (κ3) is 19.1. The molecule has 0 aromatic rings. The van der Waals surface area contributed by atoms with Gasteiger partial charge in [-0.2, -0.15) is 50.5 Å². The molecular weight excluding hydrogens is 533 g/mol. The minimum absolute atomic E-state index is 0.0123. The van der Waals surface area contributed by atoms with Crippen molar-refractivity contribution in [1.29, 1.82) is 0 Å². The summed E-state index contributed by atoms with van der Waals surface area (Å²) >= 11 is 16.4. The number of carbonyl (C=O) groups is 4. The van der Waals surface area contributed by atoms with E-state index >= 15 is 0 Å². The maximum atomic E-state index is 11.5. The van der Waals surface area contributed by atoms with Gasteiger partial charge >= 0.3 is 23.9 Å². The van der Waals surface area contributed by atoms with Gasteiger partial charge in [0.25, 0.3) is 0 Å². The first-order chi connectivity index (χ1) is 15.5. The van der Waals surface area contributed by atoms with Gasteiger partial charge in [0.15, 0.2) is 0 Å². The highest BCUT2D eigenvalue weighted by Gasteiger charge is 2.28. The molecule has 0 radical (unpaired) electrons. The summed E-state index contributed by atoms with van der Waals surface area (Å²) in [5.41, 5.74) is 0. The average molecular weight is 575 g/mol. The SMILES string of the molecule is CC(C)(S)C(=O)OCCCCOC(=O)C(C)(C)S.CC(COC(=O)C(C)(C)S)OC(=O)C(C)(C)S. The Labute approximate surface area is 231 Å². The summed E-state index contributed by atoms with van der Waals surface area (Å²) in [6.45, 7) is 15.5. The van der Waals surface area contributed by atoms with Crippen LogP contribution in [0.25, 0.3) is 0 Å². The standard InChI is InChI=1S/C12H22O4S2.C11H20O4S2/c1-11(2,17)9(13)15-7-5-6-8-16-10(14)12(3,4)18;1-7(15-9(13)11(4,5)17)6-14-8(12)10(2,3)16/h17-18H,5-8H2,1-4H3;7,16-17H,6H2,1-5H3. The van der Waals surface area contributed by atoms with Gasteiger partial charge in [-0.25, -0.2) is 0 Å². The number of hydrogen-bond acceptors (Lipinski definition) is 12. The molecule has 1 unspecified atom stereocenters. The first-order valence-electron chi connectivity index (χ1n) is 11.1. The van der Waals surface area contributed by atoms with Crippen LogP contribution in [-0.4, -0.2) is 68.8 Å². The number of unbranched alkanes of at least 4 members (excludes halogenated alkanes) is 1. The Morgan fingerprint density at radius 1 is 0.571 bits per heavy atom. The second kappa shape index (κ2) is 15.5. The molecule has 0 aliphatic heterocycles. The Bertz CT molecular complexity index is 668. The molecule has 0 fully saturated rings. The van der Waals surface area contributed by atoms with Crippen LogP contribution in [0.4, 0.5) is 0 Å². The van der Waals surface area contributed by atoms with Gasteiger partial charge < -0.3 is 18.9 Å². The first kappa shape index (κ1) is 36.4. The third-order valence-electron chi connectivity index (χ3n) is 3.76. The van der Waals surface area contributed by atoms with E-state index in [1.807, 2.05) is 0 Å². The Morgan fingerprint density at radius 3 is 1.14 bits per heavy atom. The van der Waals surface area contributed by atoms with E-state index < -0.39 is 37.0 Å². The van der Waals surface area contributed by atoms with Crippen LogP contribution >= 0.6 is 50.5 Å². The predicted octanol–water partition coefficient (Wildman–Crippen LogP) is 4.15. The van der Waals surface area contributed by atoms with Crippen LogP contribution in [-0.2, 0) is 38.1 Å². The smallest absolute Gasteiger partial charge is 0.321 e. The molecule has 0 saturated carbocycles. The summed E-state index contributed by atoms with van der Waals surface area (Å²) in [6, 6.07) is 0. The van der Waals surface area contributed by atoms with Gasteiger partial charge in [-0.05, 0) is 75.2 Å². The van der Waals surface area contributed by atoms with Gasteiger partial charge in [-0.1, -0.05) is 0 Å². The van der Waals surface area contributed by atoms with Crippen LogP contribution < -0.4 is 0 Å². The number of esters is 4. The molecule has 206 valence electrons. The summed E-state index contributed by atoms with van der Waals surface area (Å²) in [5, 5.41) is 0. The lowest BCUT2D eigenvalue weighted by Crippen LogP contribution is -2.34. The van der Waals surface area contributed by atoms with Gasteiger partial charge in [0, 0.05) is 0 Å². The second-order valence-corrected chi connectivity index (χ2v) is 14.5. The summed E-state index contributed by atoms with van der Waals surface area (Å²) in [5.74, 6) is -1.60. The van der Waals surface area contributed by atoms with Crippen molar-refractivity contribution in [2.75, 3.05) is 19.8 Å². The van der Waals surface area contributed by atoms with E-state index in [1.54, 1.807) is 62.3 Å². The lowest BCUT2D eigenvalue weighted by Gasteiger charge is -2.21. The fraction of sp³-hybridized carbons (Fsp3) is 0.826. The molecule has 1 atom stereocenters. The Balaban J connectivity index is 0. The van der Waals surface area contributed by atoms with Gasteiger partial charge in [-0.3, -0.25) is 19.2 Å². The molecule has 0 N–H and O–H groups in total. The molecule has 0 aliphatic carbocycles. The zero-order valence-corrected chi connectivity index (χ0v) is 25.7. The van der Waals surface area contributed by atoms with Gasteiger partial charge in [0.05, 0.1) is 13.2 Å². The molecule has 35 heavy (non-hydrogen) atoms. The molecule has 0 aromatic carbocycles. The molecule has 0 saturated heterocycles. The van der Waals surface area contributed by atoms with Crippen molar-refractivity contribution < 1.29 is 38.1 Å². The zero-order chi connectivity index (χ0) is 28.3. The van der Waals surface area contributed by atoms with Crippen molar-refractivity contribution in [1.82, 2.24) is 0 Å². The summed E-state index contributed by atoms with van der Waals surface area (Å²) < 4.78 is 16.8. The molecule has 0 aromatic heterocycles. The molecule has 0 heterocycles. The Kier molecular flexibility index (Phi) is 16.1. The Hall–Kier alpha value is -0.720. The maximum Gasteiger partial charge on any atom is 0.321 e. The molecule has 12 heteroatoms. The van der Waals surface area contributed by atoms with E-state index in [-0.39, 0.29) is 18.5 Å². The number of ether oxygens (including phenoxy) is 4. The highest BCUT2D eigenvalue weighted by Crippen LogP contribution is 2.17. The molecule has 0 aliphatic rings. The van der Waals surface area contributed by atoms with Crippen molar-refractivity contribution in [3.8, 4) is 0 Å². The number of hydrogen-bond donors (Lipinski definition) is 4. The number of carbonyl (C=O) groups excluding carboxylic acids is 4. The minimum atomic E-state index is -0.860. The average Bonchev–Trinajstić information content (AvgIpc) is 2.65. The van der Waals surface area contributed by atoms with Crippen molar-refractivity contribution in [2.45, 2.75) is 100 Å². The molecule has 0 spiro atoms. The number of thiol groups is 4. The van der Waals surface area contributed by atoms with E-state index in [1.165, 1.54) is 0 Å². The molecule has 8 nitrogen and oxygen atoms in total. The van der Waals surface area contributed by atoms with Gasteiger partial charge in [0.1, 0.15) is 31.7 Å². The molecule has 0 rings (SSSR count). The predicted molar refractivity (Wildman–Crippen MR) is 150 cm³/mol. The highest BCUT2D eigenvalue weighted by molar-refractivity contribution is 7.83. The largest absolute Gasteiger partial charge is 0.465 e. The van der Waals surface area contributed by atoms with Crippen LogP contribution in [0, 0.1) is 0 Å². The fourth-order valence-electron chi connectivity index (χ4n) is 1.62. The van der Waals surface area contributed by atoms with Gasteiger partial charge in [-0.15, -0.1) is 0 Å². The topological polar surface area (TPSA) is 105 Å². The van der Waals surface area contributed by atoms with Crippen molar-refractivity contribution in [2.24, 2.45) is 0 Å². The summed E-state index contributed by atoms with van der Waals surface area (Å²) in [7, 11) is 0. The molecule has 0 amide bonds. The third-order valence-corrected chi connectivity index (χ3v) is 4.49. The fourth-order valence-corrected chi connectivity index (χ4v) is 1.86. The van der Waals surface area contributed by atoms with Crippen LogP contribution in [0.15, 0.2) is 0 Å². The van der Waals surface area contributed by atoms with E-state index in [9.17, 15) is 19.2 Å². The van der Waals surface area contributed by atoms with Crippen LogP contribution in [0.5, 0.6) is 0 Å². The van der Waals surface area contributed by atoms with Crippen LogP contribution in [0.3, 0.4) is 0 Å². The van der Waals surface area contributed by atoms with E-state index in [2.05, 4.69) is 50.5 Å². The lowest BCUT2D eigenvalue weighted by molar-refractivity contribution is -0.160.